The molecule has 4 rings (SSSR count). The minimum atomic E-state index is -2.01. The summed E-state index contributed by atoms with van der Waals surface area (Å²) in [6.07, 6.45) is -0.432. The molecule has 7 heteroatoms. The minimum absolute atomic E-state index is 0.142. The third kappa shape index (κ3) is 3.71. The van der Waals surface area contributed by atoms with Crippen LogP contribution in [0.1, 0.15) is 27.9 Å². The number of halogens is 1. The van der Waals surface area contributed by atoms with Crippen molar-refractivity contribution in [2.24, 2.45) is 0 Å². The number of methoxy groups -OCH3 is 2. The molecule has 164 valence electrons. The fourth-order valence-corrected chi connectivity index (χ4v) is 3.95. The zero-order valence-corrected chi connectivity index (χ0v) is 17.7. The van der Waals surface area contributed by atoms with Crippen molar-refractivity contribution < 1.29 is 28.6 Å². The van der Waals surface area contributed by atoms with Gasteiger partial charge in [-0.15, -0.1) is 0 Å². The first-order chi connectivity index (χ1) is 15.4. The van der Waals surface area contributed by atoms with E-state index in [-0.39, 0.29) is 12.4 Å². The van der Waals surface area contributed by atoms with Gasteiger partial charge in [-0.05, 0) is 42.0 Å². The van der Waals surface area contributed by atoms with Crippen molar-refractivity contribution in [2.75, 3.05) is 19.1 Å². The summed E-state index contributed by atoms with van der Waals surface area (Å²) in [5.74, 6) is -0.548. The van der Waals surface area contributed by atoms with E-state index in [0.29, 0.717) is 33.9 Å². The number of aliphatic hydroxyl groups is 1. The van der Waals surface area contributed by atoms with Crippen LogP contribution in [0.5, 0.6) is 11.5 Å². The van der Waals surface area contributed by atoms with Crippen molar-refractivity contribution in [3.8, 4) is 11.5 Å². The number of ether oxygens (including phenoxy) is 2. The second kappa shape index (κ2) is 8.43. The molecule has 0 radical (unpaired) electrons. The summed E-state index contributed by atoms with van der Waals surface area (Å²) < 4.78 is 23.7. The van der Waals surface area contributed by atoms with E-state index >= 15 is 0 Å². The van der Waals surface area contributed by atoms with Crippen molar-refractivity contribution >= 4 is 17.4 Å². The van der Waals surface area contributed by atoms with Gasteiger partial charge in [0.05, 0.1) is 32.9 Å². The summed E-state index contributed by atoms with van der Waals surface area (Å²) in [5.41, 5.74) is -0.144. The highest BCUT2D eigenvalue weighted by molar-refractivity contribution is 6.10. The smallest absolute Gasteiger partial charge is 0.264 e. The lowest BCUT2D eigenvalue weighted by atomic mass is 9.88. The molecule has 3 aromatic carbocycles. The fourth-order valence-electron chi connectivity index (χ4n) is 3.95. The number of rotatable bonds is 7. The first kappa shape index (κ1) is 21.5. The third-order valence-corrected chi connectivity index (χ3v) is 5.62. The highest BCUT2D eigenvalue weighted by Gasteiger charge is 2.50. The normalized spacial score (nSPS) is 17.2. The molecule has 0 saturated heterocycles. The maximum Gasteiger partial charge on any atom is 0.264 e. The molecule has 6 nitrogen and oxygen atoms in total. The summed E-state index contributed by atoms with van der Waals surface area (Å²) in [6, 6.07) is 17.3. The molecular weight excluding hydrogens is 413 g/mol. The van der Waals surface area contributed by atoms with Crippen LogP contribution in [-0.4, -0.2) is 31.0 Å². The molecule has 3 aromatic rings. The highest BCUT2D eigenvalue weighted by atomic mass is 19.1. The summed E-state index contributed by atoms with van der Waals surface area (Å²) in [7, 11) is 2.95. The molecule has 1 atom stereocenters. The number of anilines is 1. The molecule has 0 unspecified atom stereocenters. The number of hydrogen-bond acceptors (Lipinski definition) is 5. The van der Waals surface area contributed by atoms with E-state index in [1.165, 1.54) is 37.3 Å². The molecule has 1 heterocycles. The average molecular weight is 435 g/mol. The average Bonchev–Trinajstić information content (AvgIpc) is 3.01. The number of carbonyl (C=O) groups excluding carboxylic acids is 2. The predicted molar refractivity (Wildman–Crippen MR) is 116 cm³/mol. The predicted octanol–water partition coefficient (Wildman–Crippen LogP) is 3.85. The van der Waals surface area contributed by atoms with Crippen molar-refractivity contribution in [3.63, 3.8) is 0 Å². The molecule has 0 aromatic heterocycles. The van der Waals surface area contributed by atoms with Crippen LogP contribution < -0.4 is 14.4 Å². The number of carbonyl (C=O) groups is 2. The van der Waals surface area contributed by atoms with Gasteiger partial charge in [0.2, 0.25) is 0 Å². The van der Waals surface area contributed by atoms with E-state index in [9.17, 15) is 19.1 Å². The van der Waals surface area contributed by atoms with E-state index in [4.69, 9.17) is 9.47 Å². The number of amides is 1. The fraction of sp³-hybridized carbons (Fsp3) is 0.200. The first-order valence-corrected chi connectivity index (χ1v) is 10.0. The van der Waals surface area contributed by atoms with Gasteiger partial charge in [0.1, 0.15) is 5.82 Å². The SMILES string of the molecule is COc1ccc(C(=O)C[C@]2(O)C(=O)N(Cc3ccc(F)cc3)c3ccccc32)cc1OC. The minimum Gasteiger partial charge on any atom is -0.493 e. The van der Waals surface area contributed by atoms with Gasteiger partial charge >= 0.3 is 0 Å². The lowest BCUT2D eigenvalue weighted by molar-refractivity contribution is -0.136. The molecule has 1 aliphatic rings. The van der Waals surface area contributed by atoms with Crippen molar-refractivity contribution in [2.45, 2.75) is 18.6 Å². The Kier molecular flexibility index (Phi) is 5.67. The zero-order chi connectivity index (χ0) is 22.9. The summed E-state index contributed by atoms with van der Waals surface area (Å²) in [6.45, 7) is 0.142. The molecule has 0 aliphatic carbocycles. The molecule has 1 aliphatic heterocycles. The standard InChI is InChI=1S/C25H22FNO5/c1-31-22-12-9-17(13-23(22)32-2)21(28)14-25(30)19-5-3-4-6-20(19)27(24(25)29)15-16-7-10-18(26)11-8-16/h3-13,30H,14-15H2,1-2H3/t25-/m1/s1. The van der Waals surface area contributed by atoms with Gasteiger partial charge < -0.3 is 19.5 Å². The Labute approximate surface area is 184 Å². The zero-order valence-electron chi connectivity index (χ0n) is 17.7. The van der Waals surface area contributed by atoms with E-state index in [0.717, 1.165) is 0 Å². The Morgan fingerprint density at radius 2 is 1.69 bits per heavy atom. The van der Waals surface area contributed by atoms with Gasteiger partial charge in [0, 0.05) is 11.1 Å². The van der Waals surface area contributed by atoms with Crippen molar-refractivity contribution in [1.82, 2.24) is 0 Å². The van der Waals surface area contributed by atoms with Gasteiger partial charge in [0.25, 0.3) is 5.91 Å². The van der Waals surface area contributed by atoms with Crippen LogP contribution in [0.25, 0.3) is 0 Å². The number of benzene rings is 3. The Morgan fingerprint density at radius 3 is 2.38 bits per heavy atom. The highest BCUT2D eigenvalue weighted by Crippen LogP contribution is 2.43. The van der Waals surface area contributed by atoms with Crippen LogP contribution in [-0.2, 0) is 16.9 Å². The molecule has 32 heavy (non-hydrogen) atoms. The summed E-state index contributed by atoms with van der Waals surface area (Å²) in [5, 5.41) is 11.4. The van der Waals surface area contributed by atoms with E-state index < -0.39 is 23.7 Å². The van der Waals surface area contributed by atoms with Crippen LogP contribution >= 0.6 is 0 Å². The van der Waals surface area contributed by atoms with Crippen LogP contribution in [0, 0.1) is 5.82 Å². The van der Waals surface area contributed by atoms with Crippen molar-refractivity contribution in [3.05, 3.63) is 89.2 Å². The lowest BCUT2D eigenvalue weighted by Crippen LogP contribution is -2.41. The maximum atomic E-state index is 13.4. The number of para-hydroxylation sites is 1. The number of nitrogens with zero attached hydrogens (tertiary/aromatic N) is 1. The lowest BCUT2D eigenvalue weighted by Gasteiger charge is -2.23. The third-order valence-electron chi connectivity index (χ3n) is 5.62. The number of fused-ring (bicyclic) bond motifs is 1. The van der Waals surface area contributed by atoms with E-state index in [2.05, 4.69) is 0 Å². The van der Waals surface area contributed by atoms with E-state index in [1.807, 2.05) is 0 Å². The molecule has 0 fully saturated rings. The Balaban J connectivity index is 1.65. The second-order valence-corrected chi connectivity index (χ2v) is 7.56. The summed E-state index contributed by atoms with van der Waals surface area (Å²) >= 11 is 0. The summed E-state index contributed by atoms with van der Waals surface area (Å²) in [4.78, 5) is 27.8. The van der Waals surface area contributed by atoms with Gasteiger partial charge in [0.15, 0.2) is 22.9 Å². The molecule has 0 saturated carbocycles. The Hall–Kier alpha value is -3.71. The van der Waals surface area contributed by atoms with Crippen LogP contribution in [0.4, 0.5) is 10.1 Å². The van der Waals surface area contributed by atoms with E-state index in [1.54, 1.807) is 48.5 Å². The number of Topliss-reactive ketones (excluding diaryl/α,β-unsaturated/α-hetero) is 1. The first-order valence-electron chi connectivity index (χ1n) is 10.0. The van der Waals surface area contributed by atoms with Gasteiger partial charge in [-0.1, -0.05) is 30.3 Å². The van der Waals surface area contributed by atoms with Gasteiger partial charge in [-0.2, -0.15) is 0 Å². The maximum absolute atomic E-state index is 13.4. The van der Waals surface area contributed by atoms with Crippen LogP contribution in [0.15, 0.2) is 66.7 Å². The molecule has 1 N–H and O–H groups in total. The van der Waals surface area contributed by atoms with Crippen molar-refractivity contribution in [1.29, 1.82) is 0 Å². The number of hydrogen-bond donors (Lipinski definition) is 1. The Morgan fingerprint density at radius 1 is 1.00 bits per heavy atom. The topological polar surface area (TPSA) is 76.1 Å². The van der Waals surface area contributed by atoms with Crippen LogP contribution in [0.3, 0.4) is 0 Å². The second-order valence-electron chi connectivity index (χ2n) is 7.56. The molecule has 0 bridgehead atoms. The Bertz CT molecular complexity index is 1180. The molecule has 0 spiro atoms. The molecular formula is C25H22FNO5. The molecule has 1 amide bonds. The largest absolute Gasteiger partial charge is 0.493 e. The van der Waals surface area contributed by atoms with Gasteiger partial charge in [-0.25, -0.2) is 4.39 Å². The van der Waals surface area contributed by atoms with Gasteiger partial charge in [-0.3, -0.25) is 9.59 Å². The quantitative estimate of drug-likeness (QED) is 0.571. The monoisotopic (exact) mass is 435 g/mol. The number of ketones is 1. The van der Waals surface area contributed by atoms with Crippen LogP contribution in [0.2, 0.25) is 0 Å².